The highest BCUT2D eigenvalue weighted by Gasteiger charge is 2.24. The summed E-state index contributed by atoms with van der Waals surface area (Å²) in [5, 5.41) is 13.8. The number of nitrogens with zero attached hydrogens (tertiary/aromatic N) is 2. The fraction of sp³-hybridized carbons (Fsp3) is 0.458. The second kappa shape index (κ2) is 10.3. The highest BCUT2D eigenvalue weighted by molar-refractivity contribution is 7.99. The molecule has 2 aliphatic rings. The number of urea groups is 1. The van der Waals surface area contributed by atoms with Gasteiger partial charge in [0.05, 0.1) is 6.10 Å². The van der Waals surface area contributed by atoms with Gasteiger partial charge in [-0.1, -0.05) is 54.6 Å². The van der Waals surface area contributed by atoms with Gasteiger partial charge in [-0.3, -0.25) is 4.90 Å². The van der Waals surface area contributed by atoms with Crippen molar-refractivity contribution in [2.45, 2.75) is 30.7 Å². The second-order valence-corrected chi connectivity index (χ2v) is 9.47. The molecule has 4 rings (SSSR count). The Bertz CT molecular complexity index is 832. The van der Waals surface area contributed by atoms with Gasteiger partial charge < -0.3 is 15.3 Å². The first-order chi connectivity index (χ1) is 14.7. The minimum absolute atomic E-state index is 0.0681. The number of fused-ring (bicyclic) bond motifs is 1. The van der Waals surface area contributed by atoms with E-state index in [0.717, 1.165) is 38.2 Å². The number of rotatable bonds is 5. The first kappa shape index (κ1) is 21.2. The Labute approximate surface area is 183 Å². The van der Waals surface area contributed by atoms with E-state index in [1.165, 1.54) is 16.7 Å². The van der Waals surface area contributed by atoms with E-state index >= 15 is 0 Å². The van der Waals surface area contributed by atoms with E-state index in [1.54, 1.807) is 0 Å². The van der Waals surface area contributed by atoms with E-state index in [2.05, 4.69) is 58.7 Å². The lowest BCUT2D eigenvalue weighted by Crippen LogP contribution is -2.46. The zero-order chi connectivity index (χ0) is 20.8. The highest BCUT2D eigenvalue weighted by Crippen LogP contribution is 2.32. The fourth-order valence-electron chi connectivity index (χ4n) is 4.27. The number of hydrogen-bond donors (Lipinski definition) is 2. The Balaban J connectivity index is 1.25. The minimum atomic E-state index is -0.564. The number of amides is 2. The molecule has 2 aliphatic heterocycles. The molecule has 160 valence electrons. The maximum atomic E-state index is 12.8. The molecular weight excluding hydrogens is 394 g/mol. The van der Waals surface area contributed by atoms with Crippen LogP contribution < -0.4 is 5.32 Å². The smallest absolute Gasteiger partial charge is 0.317 e. The van der Waals surface area contributed by atoms with Gasteiger partial charge in [0.15, 0.2) is 0 Å². The van der Waals surface area contributed by atoms with Crippen molar-refractivity contribution in [1.29, 1.82) is 0 Å². The lowest BCUT2D eigenvalue weighted by Gasteiger charge is -2.31. The maximum Gasteiger partial charge on any atom is 0.317 e. The molecular formula is C24H31N3O2S. The van der Waals surface area contributed by atoms with Crippen molar-refractivity contribution in [2.24, 2.45) is 0 Å². The molecule has 0 aliphatic carbocycles. The normalized spacial score (nSPS) is 20.8. The number of nitrogens with one attached hydrogen (secondary N) is 1. The first-order valence-electron chi connectivity index (χ1n) is 10.9. The van der Waals surface area contributed by atoms with Crippen molar-refractivity contribution in [2.75, 3.05) is 38.5 Å². The minimum Gasteiger partial charge on any atom is -0.390 e. The fourth-order valence-corrected chi connectivity index (χ4v) is 5.48. The van der Waals surface area contributed by atoms with Crippen LogP contribution in [0.2, 0.25) is 0 Å². The first-order valence-corrected chi connectivity index (χ1v) is 11.9. The number of carbonyl (C=O) groups excluding carboxylic acids is 1. The van der Waals surface area contributed by atoms with Gasteiger partial charge in [0.1, 0.15) is 0 Å². The molecule has 6 heteroatoms. The molecule has 2 heterocycles. The van der Waals surface area contributed by atoms with E-state index in [-0.39, 0.29) is 12.6 Å². The second-order valence-electron chi connectivity index (χ2n) is 8.16. The van der Waals surface area contributed by atoms with Crippen molar-refractivity contribution >= 4 is 17.8 Å². The Kier molecular flexibility index (Phi) is 7.31. The third kappa shape index (κ3) is 5.56. The van der Waals surface area contributed by atoms with Crippen LogP contribution in [0.1, 0.15) is 28.4 Å². The van der Waals surface area contributed by atoms with Gasteiger partial charge in [0.2, 0.25) is 0 Å². The highest BCUT2D eigenvalue weighted by atomic mass is 32.2. The van der Waals surface area contributed by atoms with E-state index in [0.29, 0.717) is 18.3 Å². The molecule has 0 radical (unpaired) electrons. The zero-order valence-corrected chi connectivity index (χ0v) is 18.2. The summed E-state index contributed by atoms with van der Waals surface area (Å²) in [5.41, 5.74) is 4.02. The van der Waals surface area contributed by atoms with E-state index < -0.39 is 6.10 Å². The number of β-amino-alcohol motifs (C(OH)–C–C–N with tert-alkyl or cyclic N) is 1. The summed E-state index contributed by atoms with van der Waals surface area (Å²) in [6, 6.07) is 18.9. The van der Waals surface area contributed by atoms with Crippen molar-refractivity contribution in [3.05, 3.63) is 71.3 Å². The predicted octanol–water partition coefficient (Wildman–Crippen LogP) is 3.30. The molecule has 30 heavy (non-hydrogen) atoms. The topological polar surface area (TPSA) is 55.8 Å². The molecule has 0 bridgehead atoms. The predicted molar refractivity (Wildman–Crippen MR) is 123 cm³/mol. The van der Waals surface area contributed by atoms with Gasteiger partial charge in [0.25, 0.3) is 0 Å². The standard InChI is InChI=1S/C24H31N3O2S/c28-22(17-26-13-11-19-7-4-5-10-21(19)16-26)15-25-24(29)27-12-6-14-30-23(18-27)20-8-2-1-3-9-20/h1-5,7-10,22-23,28H,6,11-18H2,(H,25,29)/t22-,23?/m0/s1. The van der Waals surface area contributed by atoms with Crippen molar-refractivity contribution in [3.8, 4) is 0 Å². The molecule has 2 aromatic rings. The quantitative estimate of drug-likeness (QED) is 0.772. The van der Waals surface area contributed by atoms with E-state index in [9.17, 15) is 9.90 Å². The molecule has 0 spiro atoms. The van der Waals surface area contributed by atoms with Crippen molar-refractivity contribution in [1.82, 2.24) is 15.1 Å². The summed E-state index contributed by atoms with van der Waals surface area (Å²) in [6.45, 7) is 4.15. The van der Waals surface area contributed by atoms with Crippen LogP contribution in [0.15, 0.2) is 54.6 Å². The van der Waals surface area contributed by atoms with Crippen LogP contribution >= 0.6 is 11.8 Å². The number of aliphatic hydroxyl groups excluding tert-OH is 1. The molecule has 0 aromatic heterocycles. The lowest BCUT2D eigenvalue weighted by atomic mass is 10.00. The monoisotopic (exact) mass is 425 g/mol. The number of hydrogen-bond acceptors (Lipinski definition) is 4. The molecule has 1 unspecified atom stereocenters. The van der Waals surface area contributed by atoms with Gasteiger partial charge in [0, 0.05) is 44.5 Å². The zero-order valence-electron chi connectivity index (χ0n) is 17.4. The Hall–Kier alpha value is -2.02. The van der Waals surface area contributed by atoms with E-state index in [4.69, 9.17) is 0 Å². The van der Waals surface area contributed by atoms with Gasteiger partial charge in [-0.05, 0) is 35.3 Å². The van der Waals surface area contributed by atoms with Gasteiger partial charge in [-0.2, -0.15) is 11.8 Å². The van der Waals surface area contributed by atoms with Crippen LogP contribution in [0, 0.1) is 0 Å². The third-order valence-corrected chi connectivity index (χ3v) is 7.25. The Morgan fingerprint density at radius 3 is 2.70 bits per heavy atom. The summed E-state index contributed by atoms with van der Waals surface area (Å²) < 4.78 is 0. The number of aliphatic hydroxyl groups is 1. The average molecular weight is 426 g/mol. The van der Waals surface area contributed by atoms with Gasteiger partial charge in [-0.25, -0.2) is 4.79 Å². The average Bonchev–Trinajstić information content (AvgIpc) is 3.04. The summed E-state index contributed by atoms with van der Waals surface area (Å²) in [7, 11) is 0. The van der Waals surface area contributed by atoms with Gasteiger partial charge >= 0.3 is 6.03 Å². The maximum absolute atomic E-state index is 12.8. The number of thioether (sulfide) groups is 1. The van der Waals surface area contributed by atoms with Crippen LogP contribution in [-0.2, 0) is 13.0 Å². The van der Waals surface area contributed by atoms with Crippen LogP contribution in [0.25, 0.3) is 0 Å². The molecule has 2 atom stereocenters. The van der Waals surface area contributed by atoms with Crippen molar-refractivity contribution < 1.29 is 9.90 Å². The largest absolute Gasteiger partial charge is 0.390 e. The van der Waals surface area contributed by atoms with Crippen LogP contribution in [-0.4, -0.2) is 65.5 Å². The number of benzene rings is 2. The summed E-state index contributed by atoms with van der Waals surface area (Å²) in [4.78, 5) is 16.9. The SMILES string of the molecule is O=C(NC[C@H](O)CN1CCc2ccccc2C1)N1CCCSC(c2ccccc2)C1. The van der Waals surface area contributed by atoms with Crippen LogP contribution in [0.5, 0.6) is 0 Å². The molecule has 1 fully saturated rings. The van der Waals surface area contributed by atoms with Crippen molar-refractivity contribution in [3.63, 3.8) is 0 Å². The van der Waals surface area contributed by atoms with E-state index in [1.807, 2.05) is 22.7 Å². The Morgan fingerprint density at radius 1 is 1.10 bits per heavy atom. The van der Waals surface area contributed by atoms with Crippen LogP contribution in [0.4, 0.5) is 4.79 Å². The van der Waals surface area contributed by atoms with Gasteiger partial charge in [-0.15, -0.1) is 0 Å². The molecule has 2 amide bonds. The van der Waals surface area contributed by atoms with Crippen LogP contribution in [0.3, 0.4) is 0 Å². The summed E-state index contributed by atoms with van der Waals surface area (Å²) in [6.07, 6.45) is 1.45. The molecule has 1 saturated heterocycles. The molecule has 2 N–H and O–H groups in total. The Morgan fingerprint density at radius 2 is 1.87 bits per heavy atom. The summed E-state index contributed by atoms with van der Waals surface area (Å²) in [5.74, 6) is 1.06. The molecule has 5 nitrogen and oxygen atoms in total. The number of carbonyl (C=O) groups is 1. The molecule has 2 aromatic carbocycles. The molecule has 0 saturated carbocycles. The third-order valence-electron chi connectivity index (χ3n) is 5.90. The summed E-state index contributed by atoms with van der Waals surface area (Å²) >= 11 is 1.92. The lowest BCUT2D eigenvalue weighted by molar-refractivity contribution is 0.103.